The van der Waals surface area contributed by atoms with Crippen molar-refractivity contribution < 1.29 is 8.42 Å². The summed E-state index contributed by atoms with van der Waals surface area (Å²) in [7, 11) is -3.41. The van der Waals surface area contributed by atoms with E-state index >= 15 is 0 Å². The van der Waals surface area contributed by atoms with Gasteiger partial charge in [0.2, 0.25) is 0 Å². The minimum absolute atomic E-state index is 0.00926. The highest BCUT2D eigenvalue weighted by molar-refractivity contribution is 9.10. The van der Waals surface area contributed by atoms with Crippen LogP contribution >= 0.6 is 15.9 Å². The Labute approximate surface area is 120 Å². The lowest BCUT2D eigenvalue weighted by Gasteiger charge is -2.07. The first-order valence-electron chi connectivity index (χ1n) is 5.67. The molecule has 1 heterocycles. The molecule has 0 saturated carbocycles. The SMILES string of the molecule is Nc1ccc(Br)cc1S(=O)(=O)CCc1ccccn1. The van der Waals surface area contributed by atoms with Crippen LogP contribution in [0.5, 0.6) is 0 Å². The Kier molecular flexibility index (Phi) is 4.21. The molecule has 0 spiro atoms. The minimum atomic E-state index is -3.41. The molecule has 0 radical (unpaired) electrons. The van der Waals surface area contributed by atoms with Crippen molar-refractivity contribution in [1.29, 1.82) is 0 Å². The molecular weight excluding hydrogens is 328 g/mol. The first-order chi connectivity index (χ1) is 8.99. The van der Waals surface area contributed by atoms with Crippen LogP contribution in [0.4, 0.5) is 5.69 Å². The quantitative estimate of drug-likeness (QED) is 0.867. The van der Waals surface area contributed by atoms with Gasteiger partial charge in [0, 0.05) is 22.8 Å². The van der Waals surface area contributed by atoms with Crippen molar-refractivity contribution >= 4 is 31.5 Å². The van der Waals surface area contributed by atoms with E-state index in [4.69, 9.17) is 5.73 Å². The molecule has 0 fully saturated rings. The van der Waals surface area contributed by atoms with Gasteiger partial charge in [-0.2, -0.15) is 0 Å². The Morgan fingerprint density at radius 2 is 2.00 bits per heavy atom. The smallest absolute Gasteiger partial charge is 0.180 e. The monoisotopic (exact) mass is 340 g/mol. The molecule has 19 heavy (non-hydrogen) atoms. The summed E-state index contributed by atoms with van der Waals surface area (Å²) in [5.74, 6) is -0.00926. The van der Waals surface area contributed by atoms with E-state index in [0.717, 1.165) is 5.69 Å². The molecule has 0 aliphatic rings. The summed E-state index contributed by atoms with van der Waals surface area (Å²) in [4.78, 5) is 4.28. The summed E-state index contributed by atoms with van der Waals surface area (Å²) in [5.41, 5.74) is 6.75. The van der Waals surface area contributed by atoms with Crippen LogP contribution in [0.3, 0.4) is 0 Å². The molecule has 2 N–H and O–H groups in total. The highest BCUT2D eigenvalue weighted by atomic mass is 79.9. The van der Waals surface area contributed by atoms with E-state index in [1.54, 1.807) is 30.5 Å². The lowest BCUT2D eigenvalue weighted by Crippen LogP contribution is -2.12. The number of nitrogen functional groups attached to an aromatic ring is 1. The predicted octanol–water partition coefficient (Wildman–Crippen LogP) is 2.44. The molecule has 4 nitrogen and oxygen atoms in total. The van der Waals surface area contributed by atoms with Crippen LogP contribution in [0.1, 0.15) is 5.69 Å². The molecule has 0 amide bonds. The number of halogens is 1. The van der Waals surface area contributed by atoms with E-state index in [1.807, 2.05) is 6.07 Å². The van der Waals surface area contributed by atoms with E-state index in [-0.39, 0.29) is 16.3 Å². The van der Waals surface area contributed by atoms with Crippen molar-refractivity contribution in [2.24, 2.45) is 0 Å². The Hall–Kier alpha value is -1.40. The second kappa shape index (κ2) is 5.71. The average Bonchev–Trinajstić information content (AvgIpc) is 2.40. The molecule has 0 aliphatic heterocycles. The number of nitrogens with zero attached hydrogens (tertiary/aromatic N) is 1. The van der Waals surface area contributed by atoms with Crippen LogP contribution in [0.25, 0.3) is 0 Å². The van der Waals surface area contributed by atoms with E-state index in [1.165, 1.54) is 6.07 Å². The lowest BCUT2D eigenvalue weighted by molar-refractivity contribution is 0.595. The predicted molar refractivity (Wildman–Crippen MR) is 78.5 cm³/mol. The summed E-state index contributed by atoms with van der Waals surface area (Å²) in [6.07, 6.45) is 2.02. The molecular formula is C13H13BrN2O2S. The molecule has 2 aromatic rings. The van der Waals surface area contributed by atoms with Gasteiger partial charge in [-0.05, 0) is 30.3 Å². The molecule has 100 valence electrons. The van der Waals surface area contributed by atoms with Crippen molar-refractivity contribution in [1.82, 2.24) is 4.98 Å². The van der Waals surface area contributed by atoms with Gasteiger partial charge in [0.1, 0.15) is 0 Å². The van der Waals surface area contributed by atoms with Gasteiger partial charge in [-0.15, -0.1) is 0 Å². The van der Waals surface area contributed by atoms with Gasteiger partial charge in [0.25, 0.3) is 0 Å². The Bertz CT molecular complexity index is 672. The highest BCUT2D eigenvalue weighted by Crippen LogP contribution is 2.24. The number of nitrogens with two attached hydrogens (primary N) is 1. The molecule has 1 aromatic carbocycles. The van der Waals surface area contributed by atoms with Crippen molar-refractivity contribution in [3.05, 3.63) is 52.8 Å². The third-order valence-electron chi connectivity index (χ3n) is 2.66. The number of anilines is 1. The summed E-state index contributed by atoms with van der Waals surface area (Å²) < 4.78 is 25.2. The molecule has 6 heteroatoms. The minimum Gasteiger partial charge on any atom is -0.398 e. The summed E-state index contributed by atoms with van der Waals surface area (Å²) in [6, 6.07) is 10.3. The number of hydrogen-bond acceptors (Lipinski definition) is 4. The van der Waals surface area contributed by atoms with Crippen LogP contribution in [-0.4, -0.2) is 19.2 Å². The van der Waals surface area contributed by atoms with E-state index in [9.17, 15) is 8.42 Å². The van der Waals surface area contributed by atoms with Crippen molar-refractivity contribution in [3.63, 3.8) is 0 Å². The first-order valence-corrected chi connectivity index (χ1v) is 8.11. The van der Waals surface area contributed by atoms with Gasteiger partial charge in [0.05, 0.1) is 16.3 Å². The number of hydrogen-bond donors (Lipinski definition) is 1. The topological polar surface area (TPSA) is 73.1 Å². The maximum Gasteiger partial charge on any atom is 0.180 e. The largest absolute Gasteiger partial charge is 0.398 e. The van der Waals surface area contributed by atoms with Crippen LogP contribution in [0.15, 0.2) is 52.0 Å². The summed E-state index contributed by atoms with van der Waals surface area (Å²) >= 11 is 3.25. The van der Waals surface area contributed by atoms with E-state index in [2.05, 4.69) is 20.9 Å². The number of rotatable bonds is 4. The van der Waals surface area contributed by atoms with Gasteiger partial charge >= 0.3 is 0 Å². The lowest BCUT2D eigenvalue weighted by atomic mass is 10.3. The maximum atomic E-state index is 12.2. The number of aromatic nitrogens is 1. The van der Waals surface area contributed by atoms with Crippen LogP contribution in [0, 0.1) is 0 Å². The molecule has 2 rings (SSSR count). The van der Waals surface area contributed by atoms with Crippen molar-refractivity contribution in [3.8, 4) is 0 Å². The number of aryl methyl sites for hydroxylation is 1. The van der Waals surface area contributed by atoms with Gasteiger partial charge in [-0.25, -0.2) is 8.42 Å². The molecule has 0 atom stereocenters. The van der Waals surface area contributed by atoms with E-state index < -0.39 is 9.84 Å². The fourth-order valence-corrected chi connectivity index (χ4v) is 3.62. The molecule has 0 bridgehead atoms. The van der Waals surface area contributed by atoms with Crippen LogP contribution in [-0.2, 0) is 16.3 Å². The standard InChI is InChI=1S/C13H13BrN2O2S/c14-10-4-5-12(15)13(9-10)19(17,18)8-6-11-3-1-2-7-16-11/h1-5,7,9H,6,8,15H2. The Morgan fingerprint density at radius 1 is 1.21 bits per heavy atom. The second-order valence-electron chi connectivity index (χ2n) is 4.07. The Morgan fingerprint density at radius 3 is 2.68 bits per heavy atom. The van der Waals surface area contributed by atoms with Gasteiger partial charge in [-0.3, -0.25) is 4.98 Å². The Balaban J connectivity index is 2.21. The van der Waals surface area contributed by atoms with Gasteiger partial charge < -0.3 is 5.73 Å². The zero-order chi connectivity index (χ0) is 13.9. The van der Waals surface area contributed by atoms with Crippen LogP contribution < -0.4 is 5.73 Å². The van der Waals surface area contributed by atoms with Crippen molar-refractivity contribution in [2.45, 2.75) is 11.3 Å². The number of sulfone groups is 1. The molecule has 0 saturated heterocycles. The maximum absolute atomic E-state index is 12.2. The highest BCUT2D eigenvalue weighted by Gasteiger charge is 2.18. The zero-order valence-corrected chi connectivity index (χ0v) is 12.5. The third-order valence-corrected chi connectivity index (χ3v) is 4.92. The fraction of sp³-hybridized carbons (Fsp3) is 0.154. The number of benzene rings is 1. The average molecular weight is 341 g/mol. The fourth-order valence-electron chi connectivity index (χ4n) is 1.67. The molecule has 1 aromatic heterocycles. The number of pyridine rings is 1. The summed E-state index contributed by atoms with van der Waals surface area (Å²) in [5, 5.41) is 0. The van der Waals surface area contributed by atoms with Gasteiger partial charge in [0.15, 0.2) is 9.84 Å². The van der Waals surface area contributed by atoms with Crippen LogP contribution in [0.2, 0.25) is 0 Å². The zero-order valence-electron chi connectivity index (χ0n) is 10.1. The molecule has 0 unspecified atom stereocenters. The van der Waals surface area contributed by atoms with Crippen molar-refractivity contribution in [2.75, 3.05) is 11.5 Å². The second-order valence-corrected chi connectivity index (χ2v) is 7.07. The third kappa shape index (κ3) is 3.54. The van der Waals surface area contributed by atoms with Gasteiger partial charge in [-0.1, -0.05) is 22.0 Å². The first kappa shape index (κ1) is 14.0. The normalized spacial score (nSPS) is 11.4. The molecule has 0 aliphatic carbocycles. The summed E-state index contributed by atoms with van der Waals surface area (Å²) in [6.45, 7) is 0. The van der Waals surface area contributed by atoms with E-state index in [0.29, 0.717) is 10.9 Å².